The van der Waals surface area contributed by atoms with Crippen LogP contribution in [0.4, 0.5) is 0 Å². The Labute approximate surface area is 165 Å². The number of ketones is 1. The Balaban J connectivity index is 1.80. The van der Waals surface area contributed by atoms with Crippen LogP contribution in [0.25, 0.3) is 0 Å². The zero-order valence-electron chi connectivity index (χ0n) is 16.1. The largest absolute Gasteiger partial charge is 0.618 e. The molecular weight excluding hydrogens is 362 g/mol. The van der Waals surface area contributed by atoms with Crippen molar-refractivity contribution in [3.8, 4) is 11.5 Å². The van der Waals surface area contributed by atoms with E-state index in [1.807, 2.05) is 26.0 Å². The van der Waals surface area contributed by atoms with Gasteiger partial charge >= 0.3 is 0 Å². The highest BCUT2D eigenvalue weighted by Gasteiger charge is 2.17. The van der Waals surface area contributed by atoms with Gasteiger partial charge in [0.1, 0.15) is 11.5 Å². The molecule has 1 heterocycles. The molecule has 0 radical (unpaired) electrons. The summed E-state index contributed by atoms with van der Waals surface area (Å²) in [5.74, 6) is 1.64. The fraction of sp³-hybridized carbons (Fsp3) is 0.429. The van der Waals surface area contributed by atoms with Gasteiger partial charge in [0.15, 0.2) is 12.0 Å². The second-order valence-electron chi connectivity index (χ2n) is 6.87. The standard InChI is InChI=1S/C21H27NO4S/c1-15(2)14-18(23)17-9-10-19(16(3)21(17)24)26-12-6-7-13-27-20-8-4-5-11-22(20)25/h4-5,8-11,15,24H,6-7,12-14H2,1-3H3. The molecule has 0 aliphatic carbocycles. The average molecular weight is 390 g/mol. The minimum atomic E-state index is -0.0503. The van der Waals surface area contributed by atoms with Crippen molar-refractivity contribution in [2.24, 2.45) is 5.92 Å². The van der Waals surface area contributed by atoms with Crippen LogP contribution < -0.4 is 9.47 Å². The highest BCUT2D eigenvalue weighted by molar-refractivity contribution is 7.99. The zero-order valence-corrected chi connectivity index (χ0v) is 16.9. The monoisotopic (exact) mass is 389 g/mol. The quantitative estimate of drug-likeness (QED) is 0.213. The van der Waals surface area contributed by atoms with Crippen LogP contribution in [0.1, 0.15) is 49.0 Å². The first-order chi connectivity index (χ1) is 12.9. The number of nitrogens with zero attached hydrogens (tertiary/aromatic N) is 1. The van der Waals surface area contributed by atoms with Crippen molar-refractivity contribution in [2.45, 2.75) is 45.1 Å². The van der Waals surface area contributed by atoms with E-state index in [-0.39, 0.29) is 17.5 Å². The van der Waals surface area contributed by atoms with Crippen molar-refractivity contribution >= 4 is 17.5 Å². The van der Waals surface area contributed by atoms with Crippen LogP contribution >= 0.6 is 11.8 Å². The Kier molecular flexibility index (Phi) is 7.98. The lowest BCUT2D eigenvalue weighted by Crippen LogP contribution is -2.27. The van der Waals surface area contributed by atoms with Gasteiger partial charge in [-0.1, -0.05) is 25.6 Å². The van der Waals surface area contributed by atoms with Gasteiger partial charge in [-0.15, -0.1) is 0 Å². The molecular formula is C21H27NO4S. The van der Waals surface area contributed by atoms with Crippen LogP contribution in [0.3, 0.4) is 0 Å². The van der Waals surface area contributed by atoms with Gasteiger partial charge in [-0.05, 0) is 43.9 Å². The molecule has 0 saturated heterocycles. The highest BCUT2D eigenvalue weighted by atomic mass is 32.2. The Morgan fingerprint density at radius 1 is 1.26 bits per heavy atom. The summed E-state index contributed by atoms with van der Waals surface area (Å²) in [5, 5.41) is 22.6. The fourth-order valence-corrected chi connectivity index (χ4v) is 3.55. The van der Waals surface area contributed by atoms with E-state index in [9.17, 15) is 15.1 Å². The Hall–Kier alpha value is -2.21. The highest BCUT2D eigenvalue weighted by Crippen LogP contribution is 2.32. The van der Waals surface area contributed by atoms with Crippen molar-refractivity contribution in [1.82, 2.24) is 0 Å². The van der Waals surface area contributed by atoms with E-state index in [2.05, 4.69) is 0 Å². The number of ether oxygens (including phenoxy) is 1. The molecule has 0 bridgehead atoms. The summed E-state index contributed by atoms with van der Waals surface area (Å²) in [6, 6.07) is 8.76. The van der Waals surface area contributed by atoms with Gasteiger partial charge in [-0.3, -0.25) is 4.79 Å². The number of Topliss-reactive ketones (excluding diaryl/α,β-unsaturated/α-hetero) is 1. The van der Waals surface area contributed by atoms with E-state index >= 15 is 0 Å². The topological polar surface area (TPSA) is 73.5 Å². The summed E-state index contributed by atoms with van der Waals surface area (Å²) in [6.07, 6.45) is 3.66. The molecule has 0 atom stereocenters. The van der Waals surface area contributed by atoms with Crippen LogP contribution in [-0.4, -0.2) is 23.2 Å². The number of pyridine rings is 1. The molecule has 27 heavy (non-hydrogen) atoms. The molecule has 6 heteroatoms. The van der Waals surface area contributed by atoms with Crippen molar-refractivity contribution in [2.75, 3.05) is 12.4 Å². The predicted octanol–water partition coefficient (Wildman–Crippen LogP) is 4.51. The lowest BCUT2D eigenvalue weighted by atomic mass is 9.98. The Bertz CT molecular complexity index is 777. The second kappa shape index (κ2) is 10.2. The number of carbonyl (C=O) groups excluding carboxylic acids is 1. The van der Waals surface area contributed by atoms with Crippen molar-refractivity contribution < 1.29 is 19.4 Å². The van der Waals surface area contributed by atoms with Gasteiger partial charge < -0.3 is 15.1 Å². The third kappa shape index (κ3) is 6.17. The maximum atomic E-state index is 12.2. The van der Waals surface area contributed by atoms with Crippen molar-refractivity contribution in [3.05, 3.63) is 52.9 Å². The van der Waals surface area contributed by atoms with Crippen LogP contribution in [0, 0.1) is 18.0 Å². The summed E-state index contributed by atoms with van der Waals surface area (Å²) in [4.78, 5) is 12.2. The van der Waals surface area contributed by atoms with E-state index in [0.29, 0.717) is 34.9 Å². The normalized spacial score (nSPS) is 11.0. The Morgan fingerprint density at radius 3 is 2.74 bits per heavy atom. The lowest BCUT2D eigenvalue weighted by Gasteiger charge is -2.13. The number of aromatic nitrogens is 1. The number of rotatable bonds is 10. The number of phenolic OH excluding ortho intramolecular Hbond substituents is 1. The maximum absolute atomic E-state index is 12.2. The number of hydrogen-bond donors (Lipinski definition) is 1. The minimum absolute atomic E-state index is 0.0118. The van der Waals surface area contributed by atoms with Crippen LogP contribution in [-0.2, 0) is 0 Å². The summed E-state index contributed by atoms with van der Waals surface area (Å²) in [6.45, 7) is 6.24. The average Bonchev–Trinajstić information content (AvgIpc) is 2.62. The smallest absolute Gasteiger partial charge is 0.251 e. The molecule has 0 saturated carbocycles. The first-order valence-electron chi connectivity index (χ1n) is 9.19. The summed E-state index contributed by atoms with van der Waals surface area (Å²) in [5.41, 5.74) is 0.953. The van der Waals surface area contributed by atoms with Crippen LogP contribution in [0.15, 0.2) is 41.6 Å². The zero-order chi connectivity index (χ0) is 19.8. The molecule has 5 nitrogen and oxygen atoms in total. The van der Waals surface area contributed by atoms with Crippen LogP contribution in [0.2, 0.25) is 0 Å². The summed E-state index contributed by atoms with van der Waals surface area (Å²) >= 11 is 1.53. The number of carbonyl (C=O) groups is 1. The van der Waals surface area contributed by atoms with Gasteiger partial charge in [0.2, 0.25) is 0 Å². The molecule has 0 aliphatic rings. The number of thioether (sulfide) groups is 1. The molecule has 1 aromatic carbocycles. The van der Waals surface area contributed by atoms with Gasteiger partial charge in [-0.25, -0.2) is 0 Å². The van der Waals surface area contributed by atoms with Crippen molar-refractivity contribution in [3.63, 3.8) is 0 Å². The first kappa shape index (κ1) is 21.1. The molecule has 0 spiro atoms. The van der Waals surface area contributed by atoms with Crippen molar-refractivity contribution in [1.29, 1.82) is 0 Å². The Morgan fingerprint density at radius 2 is 2.04 bits per heavy atom. The van der Waals surface area contributed by atoms with Gasteiger partial charge in [-0.2, -0.15) is 4.73 Å². The van der Waals surface area contributed by atoms with Gasteiger partial charge in [0.05, 0.1) is 12.2 Å². The predicted molar refractivity (Wildman–Crippen MR) is 107 cm³/mol. The molecule has 1 N–H and O–H groups in total. The molecule has 1 aromatic heterocycles. The number of phenols is 1. The first-order valence-corrected chi connectivity index (χ1v) is 10.2. The van der Waals surface area contributed by atoms with Gasteiger partial charge in [0.25, 0.3) is 5.03 Å². The summed E-state index contributed by atoms with van der Waals surface area (Å²) in [7, 11) is 0. The minimum Gasteiger partial charge on any atom is -0.618 e. The molecule has 0 fully saturated rings. The molecule has 146 valence electrons. The third-order valence-corrected chi connectivity index (χ3v) is 5.21. The molecule has 0 unspecified atom stereocenters. The molecule has 2 rings (SSSR count). The number of aromatic hydroxyl groups is 1. The lowest BCUT2D eigenvalue weighted by molar-refractivity contribution is -0.645. The van der Waals surface area contributed by atoms with E-state index in [0.717, 1.165) is 23.3 Å². The second-order valence-corrected chi connectivity index (χ2v) is 7.99. The van der Waals surface area contributed by atoms with E-state index < -0.39 is 0 Å². The number of benzene rings is 1. The SMILES string of the molecule is Cc1c(OCCCCSc2cccc[n+]2[O-])ccc(C(=O)CC(C)C)c1O. The number of hydrogen-bond acceptors (Lipinski definition) is 5. The fourth-order valence-electron chi connectivity index (χ4n) is 2.63. The summed E-state index contributed by atoms with van der Waals surface area (Å²) < 4.78 is 6.63. The van der Waals surface area contributed by atoms with E-state index in [1.54, 1.807) is 25.1 Å². The van der Waals surface area contributed by atoms with E-state index in [1.165, 1.54) is 18.0 Å². The third-order valence-electron chi connectivity index (χ3n) is 4.11. The molecule has 0 amide bonds. The number of unbranched alkanes of at least 4 members (excludes halogenated alkanes) is 1. The molecule has 0 aliphatic heterocycles. The van der Waals surface area contributed by atoms with E-state index in [4.69, 9.17) is 4.74 Å². The van der Waals surface area contributed by atoms with Gasteiger partial charge in [0, 0.05) is 29.9 Å². The molecule has 2 aromatic rings. The van der Waals surface area contributed by atoms with Crippen LogP contribution in [0.5, 0.6) is 11.5 Å². The maximum Gasteiger partial charge on any atom is 0.251 e.